The van der Waals surface area contributed by atoms with Crippen LogP contribution in [0.5, 0.6) is 0 Å². The zero-order chi connectivity index (χ0) is 16.9. The lowest BCUT2D eigenvalue weighted by atomic mass is 10.2. The van der Waals surface area contributed by atoms with Crippen LogP contribution in [0.3, 0.4) is 0 Å². The van der Waals surface area contributed by atoms with E-state index in [0.29, 0.717) is 37.6 Å². The molecule has 0 spiro atoms. The van der Waals surface area contributed by atoms with Crippen LogP contribution in [0, 0.1) is 5.82 Å². The fourth-order valence-corrected chi connectivity index (χ4v) is 2.49. The van der Waals surface area contributed by atoms with Gasteiger partial charge in [0.2, 0.25) is 6.41 Å². The maximum absolute atomic E-state index is 12.9. The molecule has 2 aromatic rings. The van der Waals surface area contributed by atoms with Crippen LogP contribution in [0.1, 0.15) is 10.5 Å². The molecular formula is C17H17FN4O2. The van der Waals surface area contributed by atoms with Crippen molar-refractivity contribution in [3.05, 3.63) is 54.1 Å². The fourth-order valence-electron chi connectivity index (χ4n) is 2.49. The third-order valence-corrected chi connectivity index (χ3v) is 3.87. The van der Waals surface area contributed by atoms with Gasteiger partial charge in [0.1, 0.15) is 11.5 Å². The number of hydrogen-bond acceptors (Lipinski definition) is 4. The van der Waals surface area contributed by atoms with Gasteiger partial charge in [0.15, 0.2) is 0 Å². The van der Waals surface area contributed by atoms with E-state index in [-0.39, 0.29) is 11.7 Å². The minimum Gasteiger partial charge on any atom is -0.354 e. The summed E-state index contributed by atoms with van der Waals surface area (Å²) in [5, 5.41) is 3.09. The Bertz CT molecular complexity index is 710. The Morgan fingerprint density at radius 3 is 2.29 bits per heavy atom. The van der Waals surface area contributed by atoms with Crippen LogP contribution in [0.2, 0.25) is 0 Å². The largest absolute Gasteiger partial charge is 0.354 e. The highest BCUT2D eigenvalue weighted by atomic mass is 19.1. The number of rotatable bonds is 4. The van der Waals surface area contributed by atoms with E-state index in [0.717, 1.165) is 12.1 Å². The molecule has 1 aromatic carbocycles. The molecule has 24 heavy (non-hydrogen) atoms. The van der Waals surface area contributed by atoms with Gasteiger partial charge < -0.3 is 15.1 Å². The zero-order valence-corrected chi connectivity index (χ0v) is 13.0. The van der Waals surface area contributed by atoms with Crippen LogP contribution in [0.25, 0.3) is 0 Å². The number of hydrogen-bond donors (Lipinski definition) is 1. The van der Waals surface area contributed by atoms with Crippen molar-refractivity contribution in [2.24, 2.45) is 0 Å². The third kappa shape index (κ3) is 3.68. The number of benzene rings is 1. The second-order valence-corrected chi connectivity index (χ2v) is 5.50. The van der Waals surface area contributed by atoms with Gasteiger partial charge in [-0.15, -0.1) is 0 Å². The first-order chi connectivity index (χ1) is 11.7. The molecule has 0 atom stereocenters. The molecular weight excluding hydrogens is 311 g/mol. The number of nitrogens with zero attached hydrogens (tertiary/aromatic N) is 3. The van der Waals surface area contributed by atoms with Gasteiger partial charge in [-0.05, 0) is 36.4 Å². The Kier molecular flexibility index (Phi) is 4.69. The number of amides is 2. The highest BCUT2D eigenvalue weighted by Gasteiger charge is 2.22. The first-order valence-corrected chi connectivity index (χ1v) is 7.63. The van der Waals surface area contributed by atoms with Crippen LogP contribution < -0.4 is 5.32 Å². The van der Waals surface area contributed by atoms with Gasteiger partial charge in [0.25, 0.3) is 5.91 Å². The molecule has 1 aromatic heterocycles. The molecule has 124 valence electrons. The number of piperazine rings is 1. The summed E-state index contributed by atoms with van der Waals surface area (Å²) >= 11 is 0. The van der Waals surface area contributed by atoms with Gasteiger partial charge in [0.05, 0.1) is 11.9 Å². The highest BCUT2D eigenvalue weighted by molar-refractivity contribution is 5.92. The smallest absolute Gasteiger partial charge is 0.272 e. The van der Waals surface area contributed by atoms with E-state index in [9.17, 15) is 14.0 Å². The highest BCUT2D eigenvalue weighted by Crippen LogP contribution is 2.17. The predicted molar refractivity (Wildman–Crippen MR) is 87.5 cm³/mol. The van der Waals surface area contributed by atoms with Crippen molar-refractivity contribution in [1.29, 1.82) is 0 Å². The molecule has 0 aliphatic carbocycles. The summed E-state index contributed by atoms with van der Waals surface area (Å²) < 4.78 is 12.9. The molecule has 2 amide bonds. The predicted octanol–water partition coefficient (Wildman–Crippen LogP) is 1.88. The van der Waals surface area contributed by atoms with Gasteiger partial charge in [-0.2, -0.15) is 0 Å². The first-order valence-electron chi connectivity index (χ1n) is 7.63. The Morgan fingerprint density at radius 2 is 1.71 bits per heavy atom. The number of pyridine rings is 1. The monoisotopic (exact) mass is 328 g/mol. The lowest BCUT2D eigenvalue weighted by molar-refractivity contribution is -0.119. The van der Waals surface area contributed by atoms with Crippen molar-refractivity contribution in [3.63, 3.8) is 0 Å². The van der Waals surface area contributed by atoms with Crippen LogP contribution in [-0.2, 0) is 4.79 Å². The van der Waals surface area contributed by atoms with Gasteiger partial charge in [-0.25, -0.2) is 9.37 Å². The molecule has 1 fully saturated rings. The van der Waals surface area contributed by atoms with Crippen LogP contribution in [0.15, 0.2) is 42.6 Å². The quantitative estimate of drug-likeness (QED) is 0.871. The normalized spacial score (nSPS) is 14.4. The van der Waals surface area contributed by atoms with Crippen molar-refractivity contribution in [2.75, 3.05) is 31.5 Å². The molecule has 2 heterocycles. The van der Waals surface area contributed by atoms with E-state index in [1.165, 1.54) is 12.1 Å². The molecule has 1 aliphatic rings. The molecule has 3 rings (SSSR count). The number of carbonyl (C=O) groups is 2. The minimum atomic E-state index is -0.297. The number of carbonyl (C=O) groups excluding carboxylic acids is 2. The number of aromatic nitrogens is 1. The second-order valence-electron chi connectivity index (χ2n) is 5.50. The molecule has 0 unspecified atom stereocenters. The molecule has 7 heteroatoms. The fraction of sp³-hybridized carbons (Fsp3) is 0.235. The SMILES string of the molecule is O=CN1CCN(C(=O)c2ccc(Nc3ccc(F)cc3)cn2)CC1. The van der Waals surface area contributed by atoms with E-state index in [2.05, 4.69) is 10.3 Å². The molecule has 1 saturated heterocycles. The lowest BCUT2D eigenvalue weighted by Crippen LogP contribution is -2.48. The number of halogens is 1. The van der Waals surface area contributed by atoms with Crippen molar-refractivity contribution in [2.45, 2.75) is 0 Å². The lowest BCUT2D eigenvalue weighted by Gasteiger charge is -2.32. The van der Waals surface area contributed by atoms with Crippen molar-refractivity contribution < 1.29 is 14.0 Å². The summed E-state index contributed by atoms with van der Waals surface area (Å²) in [4.78, 5) is 30.6. The Morgan fingerprint density at radius 1 is 1.04 bits per heavy atom. The average Bonchev–Trinajstić information content (AvgIpc) is 2.64. The van der Waals surface area contributed by atoms with Crippen molar-refractivity contribution in [3.8, 4) is 0 Å². The van der Waals surface area contributed by atoms with E-state index in [1.807, 2.05) is 0 Å². The molecule has 0 radical (unpaired) electrons. The van der Waals surface area contributed by atoms with Gasteiger partial charge in [-0.3, -0.25) is 9.59 Å². The Balaban J connectivity index is 1.62. The van der Waals surface area contributed by atoms with Crippen LogP contribution in [0.4, 0.5) is 15.8 Å². The van der Waals surface area contributed by atoms with E-state index in [4.69, 9.17) is 0 Å². The van der Waals surface area contributed by atoms with Gasteiger partial charge in [0, 0.05) is 31.9 Å². The Labute approximate surface area is 138 Å². The molecule has 1 N–H and O–H groups in total. The molecule has 0 saturated carbocycles. The van der Waals surface area contributed by atoms with Crippen LogP contribution in [-0.4, -0.2) is 53.3 Å². The summed E-state index contributed by atoms with van der Waals surface area (Å²) in [5.41, 5.74) is 1.81. The summed E-state index contributed by atoms with van der Waals surface area (Å²) in [6.45, 7) is 2.10. The summed E-state index contributed by atoms with van der Waals surface area (Å²) in [5.74, 6) is -0.442. The maximum atomic E-state index is 12.9. The molecule has 6 nitrogen and oxygen atoms in total. The minimum absolute atomic E-state index is 0.145. The van der Waals surface area contributed by atoms with E-state index >= 15 is 0 Å². The standard InChI is InChI=1S/C17H17FN4O2/c18-13-1-3-14(4-2-13)20-15-5-6-16(19-11-15)17(24)22-9-7-21(12-23)8-10-22/h1-6,11-12,20H,7-10H2. The first kappa shape index (κ1) is 15.9. The van der Waals surface area contributed by atoms with Crippen molar-refractivity contribution >= 4 is 23.7 Å². The third-order valence-electron chi connectivity index (χ3n) is 3.87. The van der Waals surface area contributed by atoms with Crippen molar-refractivity contribution in [1.82, 2.24) is 14.8 Å². The summed E-state index contributed by atoms with van der Waals surface area (Å²) in [7, 11) is 0. The number of anilines is 2. The van der Waals surface area contributed by atoms with Crippen LogP contribution >= 0.6 is 0 Å². The average molecular weight is 328 g/mol. The second kappa shape index (κ2) is 7.08. The summed E-state index contributed by atoms with van der Waals surface area (Å²) in [6.07, 6.45) is 2.37. The van der Waals surface area contributed by atoms with Gasteiger partial charge >= 0.3 is 0 Å². The van der Waals surface area contributed by atoms with E-state index in [1.54, 1.807) is 40.3 Å². The number of nitrogens with one attached hydrogen (secondary N) is 1. The summed E-state index contributed by atoms with van der Waals surface area (Å²) in [6, 6.07) is 9.40. The Hall–Kier alpha value is -2.96. The maximum Gasteiger partial charge on any atom is 0.272 e. The van der Waals surface area contributed by atoms with Gasteiger partial charge in [-0.1, -0.05) is 0 Å². The topological polar surface area (TPSA) is 65.5 Å². The molecule has 1 aliphatic heterocycles. The van der Waals surface area contributed by atoms with E-state index < -0.39 is 0 Å². The molecule has 0 bridgehead atoms. The zero-order valence-electron chi connectivity index (χ0n) is 13.0.